The number of halogens is 1. The molecule has 0 fully saturated rings. The minimum Gasteiger partial charge on any atom is -0.370 e. The molecule has 0 spiro atoms. The summed E-state index contributed by atoms with van der Waals surface area (Å²) in [6, 6.07) is 7.68. The SMILES string of the molecule is CCNc1nc(-c2ccc(Cl)cc2)nc2c1CCC2. The largest absolute Gasteiger partial charge is 0.370 e. The number of nitrogens with one attached hydrogen (secondary N) is 1. The van der Waals surface area contributed by atoms with Gasteiger partial charge in [0.25, 0.3) is 0 Å². The van der Waals surface area contributed by atoms with E-state index in [9.17, 15) is 0 Å². The average molecular weight is 274 g/mol. The third-order valence-electron chi connectivity index (χ3n) is 3.38. The highest BCUT2D eigenvalue weighted by Crippen LogP contribution is 2.29. The molecule has 0 bridgehead atoms. The first-order valence-electron chi connectivity index (χ1n) is 6.67. The minimum atomic E-state index is 0.733. The number of fused-ring (bicyclic) bond motifs is 1. The maximum atomic E-state index is 5.92. The highest BCUT2D eigenvalue weighted by molar-refractivity contribution is 6.30. The highest BCUT2D eigenvalue weighted by Gasteiger charge is 2.19. The van der Waals surface area contributed by atoms with Crippen molar-refractivity contribution >= 4 is 17.4 Å². The van der Waals surface area contributed by atoms with Gasteiger partial charge < -0.3 is 5.32 Å². The predicted molar refractivity (Wildman–Crippen MR) is 78.7 cm³/mol. The number of aryl methyl sites for hydroxylation is 1. The quantitative estimate of drug-likeness (QED) is 0.926. The Balaban J connectivity index is 2.07. The standard InChI is InChI=1S/C15H16ClN3/c1-2-17-15-12-4-3-5-13(12)18-14(19-15)10-6-8-11(16)9-7-10/h6-9H,2-5H2,1H3,(H,17,18,19). The molecule has 1 aromatic heterocycles. The number of hydrogen-bond donors (Lipinski definition) is 1. The van der Waals surface area contributed by atoms with Crippen LogP contribution in [0.1, 0.15) is 24.6 Å². The van der Waals surface area contributed by atoms with Crippen molar-refractivity contribution in [3.8, 4) is 11.4 Å². The number of anilines is 1. The van der Waals surface area contributed by atoms with Crippen LogP contribution in [0.5, 0.6) is 0 Å². The second-order valence-corrected chi connectivity index (χ2v) is 5.15. The fourth-order valence-electron chi connectivity index (χ4n) is 2.47. The first-order valence-corrected chi connectivity index (χ1v) is 7.05. The average Bonchev–Trinajstić information content (AvgIpc) is 2.88. The molecule has 0 radical (unpaired) electrons. The smallest absolute Gasteiger partial charge is 0.161 e. The summed E-state index contributed by atoms with van der Waals surface area (Å²) in [7, 11) is 0. The Morgan fingerprint density at radius 3 is 2.68 bits per heavy atom. The van der Waals surface area contributed by atoms with Crippen molar-refractivity contribution in [2.75, 3.05) is 11.9 Å². The summed E-state index contributed by atoms with van der Waals surface area (Å²) < 4.78 is 0. The maximum Gasteiger partial charge on any atom is 0.161 e. The number of rotatable bonds is 3. The van der Waals surface area contributed by atoms with Gasteiger partial charge in [0.15, 0.2) is 5.82 Å². The van der Waals surface area contributed by atoms with Crippen molar-refractivity contribution < 1.29 is 0 Å². The van der Waals surface area contributed by atoms with Crippen molar-refractivity contribution in [3.05, 3.63) is 40.5 Å². The van der Waals surface area contributed by atoms with Crippen LogP contribution >= 0.6 is 11.6 Å². The second kappa shape index (κ2) is 5.17. The van der Waals surface area contributed by atoms with Crippen LogP contribution in [0.15, 0.2) is 24.3 Å². The lowest BCUT2D eigenvalue weighted by atomic mass is 10.2. The Morgan fingerprint density at radius 2 is 1.95 bits per heavy atom. The van der Waals surface area contributed by atoms with Crippen LogP contribution in [0.3, 0.4) is 0 Å². The van der Waals surface area contributed by atoms with Gasteiger partial charge >= 0.3 is 0 Å². The van der Waals surface area contributed by atoms with Gasteiger partial charge in [-0.3, -0.25) is 0 Å². The van der Waals surface area contributed by atoms with Crippen LogP contribution < -0.4 is 5.32 Å². The van der Waals surface area contributed by atoms with Gasteiger partial charge in [0, 0.05) is 28.4 Å². The van der Waals surface area contributed by atoms with Gasteiger partial charge in [0.1, 0.15) is 5.82 Å². The predicted octanol–water partition coefficient (Wildman–Crippen LogP) is 3.72. The molecule has 19 heavy (non-hydrogen) atoms. The first kappa shape index (κ1) is 12.4. The number of hydrogen-bond acceptors (Lipinski definition) is 3. The number of benzene rings is 1. The van der Waals surface area contributed by atoms with E-state index in [1.54, 1.807) is 0 Å². The van der Waals surface area contributed by atoms with Gasteiger partial charge in [-0.1, -0.05) is 11.6 Å². The summed E-state index contributed by atoms with van der Waals surface area (Å²) in [4.78, 5) is 9.37. The number of aromatic nitrogens is 2. The molecular weight excluding hydrogens is 258 g/mol. The molecule has 3 nitrogen and oxygen atoms in total. The van der Waals surface area contributed by atoms with E-state index < -0.39 is 0 Å². The summed E-state index contributed by atoms with van der Waals surface area (Å²) in [5.41, 5.74) is 3.49. The molecule has 4 heteroatoms. The van der Waals surface area contributed by atoms with E-state index in [0.29, 0.717) is 0 Å². The lowest BCUT2D eigenvalue weighted by Crippen LogP contribution is -2.06. The fraction of sp³-hybridized carbons (Fsp3) is 0.333. The van der Waals surface area contributed by atoms with E-state index in [0.717, 1.165) is 41.6 Å². The van der Waals surface area contributed by atoms with Gasteiger partial charge in [-0.05, 0) is 50.5 Å². The monoisotopic (exact) mass is 273 g/mol. The lowest BCUT2D eigenvalue weighted by Gasteiger charge is -2.11. The first-order chi connectivity index (χ1) is 9.28. The molecule has 1 aliphatic carbocycles. The van der Waals surface area contributed by atoms with Gasteiger partial charge in [-0.25, -0.2) is 9.97 Å². The van der Waals surface area contributed by atoms with Crippen LogP contribution in [0.25, 0.3) is 11.4 Å². The van der Waals surface area contributed by atoms with Crippen molar-refractivity contribution in [1.29, 1.82) is 0 Å². The Kier molecular flexibility index (Phi) is 3.38. The van der Waals surface area contributed by atoms with Gasteiger partial charge in [0.05, 0.1) is 0 Å². The van der Waals surface area contributed by atoms with Crippen molar-refractivity contribution in [1.82, 2.24) is 9.97 Å². The zero-order valence-corrected chi connectivity index (χ0v) is 11.7. The third kappa shape index (κ3) is 2.43. The van der Waals surface area contributed by atoms with Crippen molar-refractivity contribution in [3.63, 3.8) is 0 Å². The van der Waals surface area contributed by atoms with E-state index >= 15 is 0 Å². The molecule has 1 aromatic carbocycles. The van der Waals surface area contributed by atoms with Crippen LogP contribution in [-0.2, 0) is 12.8 Å². The Bertz CT molecular complexity index is 593. The van der Waals surface area contributed by atoms with E-state index in [1.807, 2.05) is 24.3 Å². The molecule has 0 aliphatic heterocycles. The second-order valence-electron chi connectivity index (χ2n) is 4.71. The van der Waals surface area contributed by atoms with Crippen molar-refractivity contribution in [2.24, 2.45) is 0 Å². The molecule has 1 heterocycles. The topological polar surface area (TPSA) is 37.8 Å². The van der Waals surface area contributed by atoms with E-state index in [1.165, 1.54) is 17.7 Å². The Labute approximate surface area is 118 Å². The van der Waals surface area contributed by atoms with Gasteiger partial charge in [0.2, 0.25) is 0 Å². The third-order valence-corrected chi connectivity index (χ3v) is 3.63. The zero-order chi connectivity index (χ0) is 13.2. The van der Waals surface area contributed by atoms with Crippen LogP contribution in [0.2, 0.25) is 5.02 Å². The van der Waals surface area contributed by atoms with E-state index in [4.69, 9.17) is 16.6 Å². The summed E-state index contributed by atoms with van der Waals surface area (Å²) in [5.74, 6) is 1.78. The molecule has 0 amide bonds. The molecule has 1 N–H and O–H groups in total. The molecule has 0 saturated carbocycles. The summed E-state index contributed by atoms with van der Waals surface area (Å²) in [6.45, 7) is 2.97. The summed E-state index contributed by atoms with van der Waals surface area (Å²) in [5, 5.41) is 4.09. The summed E-state index contributed by atoms with van der Waals surface area (Å²) >= 11 is 5.92. The molecule has 0 unspecified atom stereocenters. The minimum absolute atomic E-state index is 0.733. The molecule has 3 rings (SSSR count). The van der Waals surface area contributed by atoms with Crippen LogP contribution in [0, 0.1) is 0 Å². The zero-order valence-electron chi connectivity index (χ0n) is 10.9. The van der Waals surface area contributed by atoms with Crippen LogP contribution in [0.4, 0.5) is 5.82 Å². The normalized spacial score (nSPS) is 13.4. The molecule has 0 atom stereocenters. The van der Waals surface area contributed by atoms with E-state index in [2.05, 4.69) is 17.2 Å². The van der Waals surface area contributed by atoms with Gasteiger partial charge in [-0.15, -0.1) is 0 Å². The molecule has 98 valence electrons. The van der Waals surface area contributed by atoms with Crippen molar-refractivity contribution in [2.45, 2.75) is 26.2 Å². The fourth-order valence-corrected chi connectivity index (χ4v) is 2.60. The molecule has 0 saturated heterocycles. The van der Waals surface area contributed by atoms with E-state index in [-0.39, 0.29) is 0 Å². The Morgan fingerprint density at radius 1 is 1.16 bits per heavy atom. The molecular formula is C15H16ClN3. The highest BCUT2D eigenvalue weighted by atomic mass is 35.5. The maximum absolute atomic E-state index is 5.92. The Hall–Kier alpha value is -1.61. The molecule has 1 aliphatic rings. The van der Waals surface area contributed by atoms with Crippen LogP contribution in [-0.4, -0.2) is 16.5 Å². The van der Waals surface area contributed by atoms with Gasteiger partial charge in [-0.2, -0.15) is 0 Å². The molecule has 2 aromatic rings. The lowest BCUT2D eigenvalue weighted by molar-refractivity contribution is 0.900. The summed E-state index contributed by atoms with van der Waals surface area (Å²) in [6.07, 6.45) is 3.31. The number of nitrogens with zero attached hydrogens (tertiary/aromatic N) is 2.